The fraction of sp³-hybridized carbons (Fsp3) is 0.467. The molecule has 106 valence electrons. The summed E-state index contributed by atoms with van der Waals surface area (Å²) in [4.78, 5) is 19.2. The highest BCUT2D eigenvalue weighted by Gasteiger charge is 2.22. The van der Waals surface area contributed by atoms with Gasteiger partial charge in [-0.3, -0.25) is 0 Å². The Hall–Kier alpha value is -2.04. The number of nitrogens with zero attached hydrogens (tertiary/aromatic N) is 1. The van der Waals surface area contributed by atoms with E-state index in [-0.39, 0.29) is 6.03 Å². The average molecular weight is 272 g/mol. The van der Waals surface area contributed by atoms with Gasteiger partial charge in [-0.05, 0) is 37.0 Å². The van der Waals surface area contributed by atoms with Gasteiger partial charge in [0.2, 0.25) is 0 Å². The number of aromatic nitrogens is 2. The first-order valence-corrected chi connectivity index (χ1v) is 7.23. The molecule has 0 bridgehead atoms. The predicted molar refractivity (Wildman–Crippen MR) is 79.7 cm³/mol. The summed E-state index contributed by atoms with van der Waals surface area (Å²) in [5.41, 5.74) is 2.61. The van der Waals surface area contributed by atoms with Crippen molar-refractivity contribution in [3.63, 3.8) is 0 Å². The van der Waals surface area contributed by atoms with Crippen LogP contribution in [0, 0.1) is 5.92 Å². The van der Waals surface area contributed by atoms with E-state index in [1.54, 1.807) is 6.33 Å². The van der Waals surface area contributed by atoms with Gasteiger partial charge < -0.3 is 15.6 Å². The van der Waals surface area contributed by atoms with Crippen molar-refractivity contribution in [1.29, 1.82) is 0 Å². The number of aromatic amines is 1. The number of nitrogens with one attached hydrogen (secondary N) is 3. The van der Waals surface area contributed by atoms with Crippen molar-refractivity contribution >= 4 is 22.8 Å². The largest absolute Gasteiger partial charge is 0.345 e. The maximum Gasteiger partial charge on any atom is 0.319 e. The van der Waals surface area contributed by atoms with Gasteiger partial charge in [0.15, 0.2) is 0 Å². The minimum Gasteiger partial charge on any atom is -0.345 e. The van der Waals surface area contributed by atoms with Gasteiger partial charge in [-0.1, -0.05) is 19.8 Å². The number of urea groups is 1. The molecule has 2 atom stereocenters. The van der Waals surface area contributed by atoms with E-state index in [4.69, 9.17) is 0 Å². The highest BCUT2D eigenvalue weighted by atomic mass is 16.2. The van der Waals surface area contributed by atoms with Gasteiger partial charge in [0.25, 0.3) is 0 Å². The van der Waals surface area contributed by atoms with E-state index < -0.39 is 0 Å². The SMILES string of the molecule is CC1CCCCC1NC(=O)Nc1ccc2nc[nH]c2c1. The van der Waals surface area contributed by atoms with Crippen molar-refractivity contribution in [3.8, 4) is 0 Å². The Labute approximate surface area is 118 Å². The minimum absolute atomic E-state index is 0.123. The van der Waals surface area contributed by atoms with Crippen LogP contribution in [0.4, 0.5) is 10.5 Å². The number of imidazole rings is 1. The van der Waals surface area contributed by atoms with Gasteiger partial charge in [-0.15, -0.1) is 0 Å². The van der Waals surface area contributed by atoms with Crippen molar-refractivity contribution in [2.75, 3.05) is 5.32 Å². The zero-order valence-electron chi connectivity index (χ0n) is 11.6. The molecule has 5 heteroatoms. The lowest BCUT2D eigenvalue weighted by Gasteiger charge is -2.29. The zero-order chi connectivity index (χ0) is 13.9. The lowest BCUT2D eigenvalue weighted by molar-refractivity contribution is 0.232. The maximum atomic E-state index is 12.1. The van der Waals surface area contributed by atoms with Crippen LogP contribution in [0.5, 0.6) is 0 Å². The molecule has 1 heterocycles. The van der Waals surface area contributed by atoms with Crippen molar-refractivity contribution in [3.05, 3.63) is 24.5 Å². The molecule has 1 aliphatic carbocycles. The monoisotopic (exact) mass is 272 g/mol. The van der Waals surface area contributed by atoms with Crippen LogP contribution < -0.4 is 10.6 Å². The van der Waals surface area contributed by atoms with Gasteiger partial charge in [0.05, 0.1) is 17.4 Å². The van der Waals surface area contributed by atoms with Crippen LogP contribution >= 0.6 is 0 Å². The summed E-state index contributed by atoms with van der Waals surface area (Å²) >= 11 is 0. The quantitative estimate of drug-likeness (QED) is 0.785. The fourth-order valence-corrected chi connectivity index (χ4v) is 2.88. The number of benzene rings is 1. The Morgan fingerprint density at radius 1 is 1.35 bits per heavy atom. The fourth-order valence-electron chi connectivity index (χ4n) is 2.88. The summed E-state index contributed by atoms with van der Waals surface area (Å²) < 4.78 is 0. The summed E-state index contributed by atoms with van der Waals surface area (Å²) in [7, 11) is 0. The second kappa shape index (κ2) is 5.53. The highest BCUT2D eigenvalue weighted by Crippen LogP contribution is 2.24. The second-order valence-electron chi connectivity index (χ2n) is 5.60. The summed E-state index contributed by atoms with van der Waals surface area (Å²) in [5.74, 6) is 0.560. The summed E-state index contributed by atoms with van der Waals surface area (Å²) in [6, 6.07) is 5.83. The highest BCUT2D eigenvalue weighted by molar-refractivity contribution is 5.92. The maximum absolute atomic E-state index is 12.1. The Bertz CT molecular complexity index is 607. The summed E-state index contributed by atoms with van der Waals surface area (Å²) in [6.45, 7) is 2.21. The molecule has 0 aliphatic heterocycles. The Kier molecular flexibility index (Phi) is 3.58. The number of fused-ring (bicyclic) bond motifs is 1. The molecule has 1 saturated carbocycles. The van der Waals surface area contributed by atoms with Crippen LogP contribution in [0.15, 0.2) is 24.5 Å². The normalized spacial score (nSPS) is 22.6. The van der Waals surface area contributed by atoms with E-state index in [9.17, 15) is 4.79 Å². The number of H-pyrrole nitrogens is 1. The predicted octanol–water partition coefficient (Wildman–Crippen LogP) is 3.26. The van der Waals surface area contributed by atoms with Crippen LogP contribution in [0.1, 0.15) is 32.6 Å². The molecular formula is C15H20N4O. The van der Waals surface area contributed by atoms with E-state index >= 15 is 0 Å². The first-order chi connectivity index (χ1) is 9.72. The molecule has 20 heavy (non-hydrogen) atoms. The van der Waals surface area contributed by atoms with Crippen LogP contribution in [0.3, 0.4) is 0 Å². The molecular weight excluding hydrogens is 252 g/mol. The second-order valence-corrected chi connectivity index (χ2v) is 5.60. The van der Waals surface area contributed by atoms with Crippen LogP contribution in [-0.2, 0) is 0 Å². The molecule has 1 aromatic carbocycles. The molecule has 0 radical (unpaired) electrons. The van der Waals surface area contributed by atoms with Gasteiger partial charge in [0.1, 0.15) is 0 Å². The van der Waals surface area contributed by atoms with Crippen molar-refractivity contribution in [2.24, 2.45) is 5.92 Å². The number of carbonyl (C=O) groups excluding carboxylic acids is 1. The third kappa shape index (κ3) is 2.76. The molecule has 1 aliphatic rings. The zero-order valence-corrected chi connectivity index (χ0v) is 11.6. The number of anilines is 1. The lowest BCUT2D eigenvalue weighted by atomic mass is 9.86. The van der Waals surface area contributed by atoms with Gasteiger partial charge in [0, 0.05) is 11.7 Å². The molecule has 2 unspecified atom stereocenters. The van der Waals surface area contributed by atoms with Gasteiger partial charge in [-0.2, -0.15) is 0 Å². The molecule has 5 nitrogen and oxygen atoms in total. The Morgan fingerprint density at radius 3 is 3.05 bits per heavy atom. The summed E-state index contributed by atoms with van der Waals surface area (Å²) in [5, 5.41) is 5.98. The van der Waals surface area contributed by atoms with E-state index in [2.05, 4.69) is 27.5 Å². The number of carbonyl (C=O) groups is 1. The smallest absolute Gasteiger partial charge is 0.319 e. The average Bonchev–Trinajstić information content (AvgIpc) is 2.89. The van der Waals surface area contributed by atoms with Crippen molar-refractivity contribution in [2.45, 2.75) is 38.6 Å². The number of amides is 2. The number of hydrogen-bond acceptors (Lipinski definition) is 2. The van der Waals surface area contributed by atoms with Crippen LogP contribution in [0.25, 0.3) is 11.0 Å². The van der Waals surface area contributed by atoms with E-state index in [1.165, 1.54) is 19.3 Å². The standard InChI is InChI=1S/C15H20N4O/c1-10-4-2-3-5-12(10)19-15(20)18-11-6-7-13-14(8-11)17-9-16-13/h6-10,12H,2-5H2,1H3,(H,16,17)(H2,18,19,20). The first-order valence-electron chi connectivity index (χ1n) is 7.23. The van der Waals surface area contributed by atoms with Crippen LogP contribution in [0.2, 0.25) is 0 Å². The minimum atomic E-state index is -0.123. The molecule has 2 aromatic rings. The number of hydrogen-bond donors (Lipinski definition) is 3. The van der Waals surface area contributed by atoms with E-state index in [1.807, 2.05) is 18.2 Å². The van der Waals surface area contributed by atoms with Crippen LogP contribution in [-0.4, -0.2) is 22.0 Å². The van der Waals surface area contributed by atoms with Crippen molar-refractivity contribution in [1.82, 2.24) is 15.3 Å². The third-order valence-electron chi connectivity index (χ3n) is 4.11. The molecule has 2 amide bonds. The topological polar surface area (TPSA) is 69.8 Å². The molecule has 3 N–H and O–H groups in total. The van der Waals surface area contributed by atoms with Crippen molar-refractivity contribution < 1.29 is 4.79 Å². The van der Waals surface area contributed by atoms with Gasteiger partial charge in [-0.25, -0.2) is 9.78 Å². The lowest BCUT2D eigenvalue weighted by Crippen LogP contribution is -2.43. The molecule has 3 rings (SSSR count). The number of rotatable bonds is 2. The molecule has 1 aromatic heterocycles. The van der Waals surface area contributed by atoms with Gasteiger partial charge >= 0.3 is 6.03 Å². The molecule has 0 spiro atoms. The molecule has 0 saturated heterocycles. The summed E-state index contributed by atoms with van der Waals surface area (Å²) in [6.07, 6.45) is 6.41. The van der Waals surface area contributed by atoms with E-state index in [0.717, 1.165) is 23.1 Å². The first kappa shape index (κ1) is 13.0. The Morgan fingerprint density at radius 2 is 2.20 bits per heavy atom. The molecule has 1 fully saturated rings. The Balaban J connectivity index is 1.63. The van der Waals surface area contributed by atoms with E-state index in [0.29, 0.717) is 12.0 Å². The third-order valence-corrected chi connectivity index (χ3v) is 4.11.